The number of fused-ring (bicyclic) bond motifs is 2. The Hall–Kier alpha value is -3.14. The van der Waals surface area contributed by atoms with E-state index in [-0.39, 0.29) is 5.78 Å². The van der Waals surface area contributed by atoms with Gasteiger partial charge < -0.3 is 9.72 Å². The average Bonchev–Trinajstić information content (AvgIpc) is 3.02. The molecule has 0 aliphatic carbocycles. The molecular formula is C19H14N2O2. The summed E-state index contributed by atoms with van der Waals surface area (Å²) in [5, 5.41) is 2.01. The molecule has 0 unspecified atom stereocenters. The third-order valence-electron chi connectivity index (χ3n) is 3.82. The molecule has 0 saturated heterocycles. The van der Waals surface area contributed by atoms with Crippen molar-refractivity contribution in [2.24, 2.45) is 0 Å². The summed E-state index contributed by atoms with van der Waals surface area (Å²) in [5.41, 5.74) is 2.56. The second kappa shape index (κ2) is 5.25. The molecule has 0 bridgehead atoms. The maximum Gasteiger partial charge on any atom is 0.219 e. The Morgan fingerprint density at radius 1 is 1.00 bits per heavy atom. The zero-order valence-corrected chi connectivity index (χ0v) is 12.5. The molecule has 0 saturated carbocycles. The molecule has 4 aromatic rings. The molecule has 4 nitrogen and oxygen atoms in total. The predicted molar refractivity (Wildman–Crippen MR) is 90.1 cm³/mol. The second-order valence-corrected chi connectivity index (χ2v) is 5.44. The van der Waals surface area contributed by atoms with Gasteiger partial charge in [-0.1, -0.05) is 0 Å². The van der Waals surface area contributed by atoms with E-state index in [1.807, 2.05) is 54.7 Å². The number of carbonyl (C=O) groups is 1. The normalized spacial score (nSPS) is 11.0. The van der Waals surface area contributed by atoms with E-state index in [0.717, 1.165) is 27.6 Å². The molecule has 4 heteroatoms. The van der Waals surface area contributed by atoms with Crippen LogP contribution >= 0.6 is 0 Å². The van der Waals surface area contributed by atoms with Crippen molar-refractivity contribution in [3.8, 4) is 11.6 Å². The van der Waals surface area contributed by atoms with Gasteiger partial charge in [0.1, 0.15) is 5.75 Å². The van der Waals surface area contributed by atoms with E-state index in [4.69, 9.17) is 4.74 Å². The number of ketones is 1. The van der Waals surface area contributed by atoms with E-state index in [9.17, 15) is 4.79 Å². The molecule has 2 aromatic heterocycles. The zero-order valence-electron chi connectivity index (χ0n) is 12.5. The van der Waals surface area contributed by atoms with Crippen LogP contribution in [-0.2, 0) is 0 Å². The smallest absolute Gasteiger partial charge is 0.219 e. The van der Waals surface area contributed by atoms with Crippen molar-refractivity contribution in [3.63, 3.8) is 0 Å². The Kier molecular flexibility index (Phi) is 3.08. The van der Waals surface area contributed by atoms with Gasteiger partial charge in [0.05, 0.1) is 5.52 Å². The van der Waals surface area contributed by atoms with Crippen molar-refractivity contribution in [3.05, 3.63) is 66.4 Å². The largest absolute Gasteiger partial charge is 0.439 e. The highest BCUT2D eigenvalue weighted by molar-refractivity contribution is 5.97. The first-order chi connectivity index (χ1) is 11.2. The number of carbonyl (C=O) groups excluding carboxylic acids is 1. The summed E-state index contributed by atoms with van der Waals surface area (Å²) in [6.07, 6.45) is 1.90. The minimum atomic E-state index is 0.0482. The lowest BCUT2D eigenvalue weighted by Gasteiger charge is -2.07. The van der Waals surface area contributed by atoms with Crippen molar-refractivity contribution < 1.29 is 9.53 Å². The van der Waals surface area contributed by atoms with Crippen LogP contribution < -0.4 is 4.74 Å². The number of ether oxygens (including phenoxy) is 1. The van der Waals surface area contributed by atoms with Gasteiger partial charge in [-0.3, -0.25) is 4.79 Å². The molecule has 0 radical (unpaired) electrons. The topological polar surface area (TPSA) is 55.0 Å². The molecule has 0 fully saturated rings. The molecule has 0 aliphatic rings. The summed E-state index contributed by atoms with van der Waals surface area (Å²) < 4.78 is 5.85. The number of nitrogens with one attached hydrogen (secondary N) is 1. The Balaban J connectivity index is 1.68. The van der Waals surface area contributed by atoms with Crippen molar-refractivity contribution in [2.75, 3.05) is 0 Å². The lowest BCUT2D eigenvalue weighted by atomic mass is 10.1. The minimum Gasteiger partial charge on any atom is -0.439 e. The average molecular weight is 302 g/mol. The molecule has 2 aromatic carbocycles. The maximum atomic E-state index is 11.4. The third kappa shape index (κ3) is 2.55. The number of nitrogens with zero attached hydrogens (tertiary/aromatic N) is 1. The predicted octanol–water partition coefficient (Wildman–Crippen LogP) is 4.71. The van der Waals surface area contributed by atoms with Gasteiger partial charge in [0.15, 0.2) is 5.78 Å². The molecule has 112 valence electrons. The Morgan fingerprint density at radius 2 is 1.91 bits per heavy atom. The number of pyridine rings is 1. The number of aromatic nitrogens is 2. The monoisotopic (exact) mass is 302 g/mol. The molecule has 0 amide bonds. The highest BCUT2D eigenvalue weighted by Crippen LogP contribution is 2.26. The number of Topliss-reactive ketones (excluding diaryl/α,β-unsaturated/α-hetero) is 1. The number of hydrogen-bond acceptors (Lipinski definition) is 3. The van der Waals surface area contributed by atoms with Gasteiger partial charge in [-0.25, -0.2) is 4.98 Å². The van der Waals surface area contributed by atoms with Gasteiger partial charge in [0.25, 0.3) is 0 Å². The van der Waals surface area contributed by atoms with E-state index in [0.29, 0.717) is 11.4 Å². The van der Waals surface area contributed by atoms with Crippen LogP contribution in [0.25, 0.3) is 21.8 Å². The molecule has 4 rings (SSSR count). The zero-order chi connectivity index (χ0) is 15.8. The summed E-state index contributed by atoms with van der Waals surface area (Å²) in [6, 6.07) is 17.1. The van der Waals surface area contributed by atoms with Gasteiger partial charge in [0.2, 0.25) is 5.88 Å². The van der Waals surface area contributed by atoms with E-state index < -0.39 is 0 Å². The number of rotatable bonds is 3. The van der Waals surface area contributed by atoms with E-state index in [2.05, 4.69) is 9.97 Å². The third-order valence-corrected chi connectivity index (χ3v) is 3.82. The van der Waals surface area contributed by atoms with Gasteiger partial charge in [-0.15, -0.1) is 0 Å². The Bertz CT molecular complexity index is 1030. The highest BCUT2D eigenvalue weighted by atomic mass is 16.5. The summed E-state index contributed by atoms with van der Waals surface area (Å²) in [7, 11) is 0. The quantitative estimate of drug-likeness (QED) is 0.557. The molecule has 0 spiro atoms. The van der Waals surface area contributed by atoms with Gasteiger partial charge in [0, 0.05) is 34.1 Å². The summed E-state index contributed by atoms with van der Waals surface area (Å²) >= 11 is 0. The SMILES string of the molecule is CC(=O)c1ccc2nc(Oc3ccc4[nH]ccc4c3)ccc2c1. The van der Waals surface area contributed by atoms with Crippen LogP contribution in [0, 0.1) is 0 Å². The van der Waals surface area contributed by atoms with Gasteiger partial charge in [-0.2, -0.15) is 0 Å². The fourth-order valence-corrected chi connectivity index (χ4v) is 2.60. The van der Waals surface area contributed by atoms with E-state index in [1.165, 1.54) is 0 Å². The maximum absolute atomic E-state index is 11.4. The van der Waals surface area contributed by atoms with Gasteiger partial charge >= 0.3 is 0 Å². The Labute approximate surface area is 132 Å². The highest BCUT2D eigenvalue weighted by Gasteiger charge is 2.05. The number of H-pyrrole nitrogens is 1. The van der Waals surface area contributed by atoms with E-state index in [1.54, 1.807) is 13.0 Å². The Morgan fingerprint density at radius 3 is 2.78 bits per heavy atom. The number of aromatic amines is 1. The molecule has 1 N–H and O–H groups in total. The van der Waals surface area contributed by atoms with Crippen LogP contribution in [0.4, 0.5) is 0 Å². The first-order valence-corrected chi connectivity index (χ1v) is 7.36. The molecule has 2 heterocycles. The minimum absolute atomic E-state index is 0.0482. The van der Waals surface area contributed by atoms with Crippen LogP contribution in [-0.4, -0.2) is 15.8 Å². The van der Waals surface area contributed by atoms with Crippen LogP contribution in [0.1, 0.15) is 17.3 Å². The van der Waals surface area contributed by atoms with Crippen molar-refractivity contribution >= 4 is 27.6 Å². The fourth-order valence-electron chi connectivity index (χ4n) is 2.60. The molecule has 0 aliphatic heterocycles. The van der Waals surface area contributed by atoms with E-state index >= 15 is 0 Å². The second-order valence-electron chi connectivity index (χ2n) is 5.44. The lowest BCUT2D eigenvalue weighted by molar-refractivity contribution is 0.101. The van der Waals surface area contributed by atoms with Crippen molar-refractivity contribution in [1.82, 2.24) is 9.97 Å². The van der Waals surface area contributed by atoms with Crippen LogP contribution in [0.3, 0.4) is 0 Å². The molecular weight excluding hydrogens is 288 g/mol. The van der Waals surface area contributed by atoms with Crippen molar-refractivity contribution in [1.29, 1.82) is 0 Å². The van der Waals surface area contributed by atoms with Gasteiger partial charge in [-0.05, 0) is 55.5 Å². The summed E-state index contributed by atoms with van der Waals surface area (Å²) in [4.78, 5) is 19.1. The number of benzene rings is 2. The molecule has 23 heavy (non-hydrogen) atoms. The summed E-state index contributed by atoms with van der Waals surface area (Å²) in [5.74, 6) is 1.32. The summed E-state index contributed by atoms with van der Waals surface area (Å²) in [6.45, 7) is 1.56. The standard InChI is InChI=1S/C19H14N2O2/c1-12(22)13-2-5-18-14(10-13)3-7-19(21-18)23-16-4-6-17-15(11-16)8-9-20-17/h2-11,20H,1H3. The van der Waals surface area contributed by atoms with Crippen molar-refractivity contribution in [2.45, 2.75) is 6.92 Å². The fraction of sp³-hybridized carbons (Fsp3) is 0.0526. The first-order valence-electron chi connectivity index (χ1n) is 7.36. The number of hydrogen-bond donors (Lipinski definition) is 1. The van der Waals surface area contributed by atoms with Crippen LogP contribution in [0.15, 0.2) is 60.8 Å². The first kappa shape index (κ1) is 13.5. The van der Waals surface area contributed by atoms with Crippen LogP contribution in [0.2, 0.25) is 0 Å². The van der Waals surface area contributed by atoms with Crippen LogP contribution in [0.5, 0.6) is 11.6 Å². The lowest BCUT2D eigenvalue weighted by Crippen LogP contribution is -1.93. The molecule has 0 atom stereocenters.